The van der Waals surface area contributed by atoms with Gasteiger partial charge in [0.05, 0.1) is 18.3 Å². The highest BCUT2D eigenvalue weighted by molar-refractivity contribution is 6.13. The van der Waals surface area contributed by atoms with Crippen LogP contribution in [0.4, 0.5) is 0 Å². The van der Waals surface area contributed by atoms with Crippen LogP contribution in [0.3, 0.4) is 0 Å². The largest absolute Gasteiger partial charge is 0.497 e. The van der Waals surface area contributed by atoms with Crippen molar-refractivity contribution in [1.82, 2.24) is 15.3 Å². The molecule has 4 aromatic rings. The van der Waals surface area contributed by atoms with Crippen LogP contribution >= 0.6 is 0 Å². The second kappa shape index (κ2) is 8.35. The molecule has 2 aromatic carbocycles. The summed E-state index contributed by atoms with van der Waals surface area (Å²) in [5, 5.41) is 5.09. The van der Waals surface area contributed by atoms with E-state index in [2.05, 4.69) is 23.3 Å². The molecule has 0 unspecified atom stereocenters. The van der Waals surface area contributed by atoms with Crippen LogP contribution in [0.5, 0.6) is 5.75 Å². The van der Waals surface area contributed by atoms with Gasteiger partial charge in [-0.15, -0.1) is 0 Å². The fraction of sp³-hybridized carbons (Fsp3) is 0.250. The minimum absolute atomic E-state index is 0.136. The molecule has 5 heteroatoms. The van der Waals surface area contributed by atoms with E-state index in [0.29, 0.717) is 12.2 Å². The number of H-pyrrole nitrogens is 1. The molecule has 2 N–H and O–H groups in total. The molecule has 4 rings (SSSR count). The van der Waals surface area contributed by atoms with Gasteiger partial charge in [-0.2, -0.15) is 0 Å². The fourth-order valence-electron chi connectivity index (χ4n) is 3.59. The summed E-state index contributed by atoms with van der Waals surface area (Å²) in [7, 11) is 1.65. The van der Waals surface area contributed by atoms with Gasteiger partial charge in [0, 0.05) is 28.4 Å². The van der Waals surface area contributed by atoms with Crippen LogP contribution < -0.4 is 10.1 Å². The Labute approximate surface area is 170 Å². The maximum absolute atomic E-state index is 12.8. The third-order valence-electron chi connectivity index (χ3n) is 5.16. The van der Waals surface area contributed by atoms with E-state index in [-0.39, 0.29) is 5.91 Å². The Hall–Kier alpha value is -3.34. The smallest absolute Gasteiger partial charge is 0.269 e. The molecule has 0 radical (unpaired) electrons. The van der Waals surface area contributed by atoms with Gasteiger partial charge in [-0.3, -0.25) is 4.79 Å². The number of nitrogens with zero attached hydrogens (tertiary/aromatic N) is 1. The van der Waals surface area contributed by atoms with Gasteiger partial charge < -0.3 is 15.0 Å². The highest BCUT2D eigenvalue weighted by Gasteiger charge is 2.17. The molecule has 0 aliphatic carbocycles. The summed E-state index contributed by atoms with van der Waals surface area (Å²) in [4.78, 5) is 21.0. The van der Waals surface area contributed by atoms with E-state index in [9.17, 15) is 4.79 Å². The minimum Gasteiger partial charge on any atom is -0.497 e. The van der Waals surface area contributed by atoms with E-state index in [0.717, 1.165) is 58.1 Å². The molecule has 29 heavy (non-hydrogen) atoms. The topological polar surface area (TPSA) is 67.0 Å². The number of benzene rings is 2. The average Bonchev–Trinajstić information content (AvgIpc) is 3.15. The van der Waals surface area contributed by atoms with Gasteiger partial charge >= 0.3 is 0 Å². The number of hydrogen-bond donors (Lipinski definition) is 2. The van der Waals surface area contributed by atoms with E-state index < -0.39 is 0 Å². The normalized spacial score (nSPS) is 11.1. The van der Waals surface area contributed by atoms with Crippen LogP contribution in [-0.4, -0.2) is 29.5 Å². The zero-order valence-corrected chi connectivity index (χ0v) is 16.8. The number of rotatable bonds is 7. The van der Waals surface area contributed by atoms with Crippen LogP contribution in [-0.2, 0) is 0 Å². The lowest BCUT2D eigenvalue weighted by Crippen LogP contribution is -2.25. The molecule has 0 atom stereocenters. The molecule has 0 spiro atoms. The Morgan fingerprint density at radius 3 is 2.62 bits per heavy atom. The van der Waals surface area contributed by atoms with Crippen LogP contribution in [0, 0.1) is 0 Å². The number of nitrogens with one attached hydrogen (secondary N) is 2. The maximum Gasteiger partial charge on any atom is 0.269 e. The molecule has 5 nitrogen and oxygen atoms in total. The molecule has 0 saturated heterocycles. The molecule has 2 aromatic heterocycles. The third kappa shape index (κ3) is 3.81. The monoisotopic (exact) mass is 387 g/mol. The molecule has 0 saturated carbocycles. The summed E-state index contributed by atoms with van der Waals surface area (Å²) in [6.45, 7) is 2.81. The van der Waals surface area contributed by atoms with Crippen molar-refractivity contribution in [2.45, 2.75) is 26.2 Å². The van der Waals surface area contributed by atoms with Crippen molar-refractivity contribution in [3.63, 3.8) is 0 Å². The number of carbonyl (C=O) groups is 1. The van der Waals surface area contributed by atoms with E-state index >= 15 is 0 Å². The first-order valence-corrected chi connectivity index (χ1v) is 10.1. The summed E-state index contributed by atoms with van der Waals surface area (Å²) in [5.41, 5.74) is 4.09. The number of para-hydroxylation sites is 1. The lowest BCUT2D eigenvalue weighted by Gasteiger charge is -2.09. The number of carbonyl (C=O) groups excluding carboxylic acids is 1. The highest BCUT2D eigenvalue weighted by Crippen LogP contribution is 2.33. The predicted octanol–water partition coefficient (Wildman–Crippen LogP) is 5.31. The molecule has 0 fully saturated rings. The average molecular weight is 387 g/mol. The number of amides is 1. The van der Waals surface area contributed by atoms with Crippen molar-refractivity contribution < 1.29 is 9.53 Å². The number of methoxy groups -OCH3 is 1. The van der Waals surface area contributed by atoms with Gasteiger partial charge in [-0.05, 0) is 42.8 Å². The number of fused-ring (bicyclic) bond motifs is 3. The number of aromatic amines is 1. The van der Waals surface area contributed by atoms with Crippen molar-refractivity contribution in [2.75, 3.05) is 13.7 Å². The molecule has 0 bridgehead atoms. The standard InChI is InChI=1S/C24H25N3O2/c1-3-4-7-14-25-24(28)21-15-19-18-8-5-6-9-20(18)26-23(19)22(27-21)16-10-12-17(29-2)13-11-16/h5-6,8-13,15,26H,3-4,7,14H2,1-2H3,(H,25,28). The predicted molar refractivity (Wildman–Crippen MR) is 117 cm³/mol. The Morgan fingerprint density at radius 2 is 1.86 bits per heavy atom. The molecule has 0 aliphatic rings. The van der Waals surface area contributed by atoms with Crippen LogP contribution in [0.25, 0.3) is 33.1 Å². The minimum atomic E-state index is -0.136. The Bertz CT molecular complexity index is 1150. The van der Waals surface area contributed by atoms with Crippen molar-refractivity contribution in [1.29, 1.82) is 0 Å². The SMILES string of the molecule is CCCCCNC(=O)c1cc2c([nH]c3ccccc32)c(-c2ccc(OC)cc2)n1. The van der Waals surface area contributed by atoms with Gasteiger partial charge in [-0.25, -0.2) is 4.98 Å². The summed E-state index contributed by atoms with van der Waals surface area (Å²) in [5.74, 6) is 0.648. The van der Waals surface area contributed by atoms with Crippen molar-refractivity contribution >= 4 is 27.7 Å². The van der Waals surface area contributed by atoms with E-state index in [4.69, 9.17) is 9.72 Å². The highest BCUT2D eigenvalue weighted by atomic mass is 16.5. The van der Waals surface area contributed by atoms with Crippen LogP contribution in [0.15, 0.2) is 54.6 Å². The van der Waals surface area contributed by atoms with Gasteiger partial charge in [0.2, 0.25) is 0 Å². The Morgan fingerprint density at radius 1 is 1.07 bits per heavy atom. The Kier molecular flexibility index (Phi) is 5.47. The zero-order valence-electron chi connectivity index (χ0n) is 16.8. The molecule has 148 valence electrons. The van der Waals surface area contributed by atoms with Gasteiger partial charge in [0.25, 0.3) is 5.91 Å². The van der Waals surface area contributed by atoms with Crippen molar-refractivity contribution in [3.05, 3.63) is 60.3 Å². The van der Waals surface area contributed by atoms with Gasteiger partial charge in [-0.1, -0.05) is 38.0 Å². The lowest BCUT2D eigenvalue weighted by molar-refractivity contribution is 0.0948. The van der Waals surface area contributed by atoms with E-state index in [1.807, 2.05) is 48.5 Å². The van der Waals surface area contributed by atoms with E-state index in [1.165, 1.54) is 0 Å². The molecule has 0 aliphatic heterocycles. The summed E-state index contributed by atoms with van der Waals surface area (Å²) >= 11 is 0. The van der Waals surface area contributed by atoms with Gasteiger partial charge in [0.15, 0.2) is 0 Å². The summed E-state index contributed by atoms with van der Waals surface area (Å²) in [6.07, 6.45) is 3.20. The third-order valence-corrected chi connectivity index (χ3v) is 5.16. The Balaban J connectivity index is 1.82. The first-order chi connectivity index (χ1) is 14.2. The zero-order chi connectivity index (χ0) is 20.2. The van der Waals surface area contributed by atoms with Crippen molar-refractivity contribution in [3.8, 4) is 17.0 Å². The molecular weight excluding hydrogens is 362 g/mol. The summed E-state index contributed by atoms with van der Waals surface area (Å²) in [6, 6.07) is 17.7. The van der Waals surface area contributed by atoms with Crippen LogP contribution in [0.2, 0.25) is 0 Å². The number of pyridine rings is 1. The van der Waals surface area contributed by atoms with Crippen molar-refractivity contribution in [2.24, 2.45) is 0 Å². The summed E-state index contributed by atoms with van der Waals surface area (Å²) < 4.78 is 5.27. The van der Waals surface area contributed by atoms with Crippen LogP contribution in [0.1, 0.15) is 36.7 Å². The molecule has 1 amide bonds. The second-order valence-electron chi connectivity index (χ2n) is 7.14. The van der Waals surface area contributed by atoms with Gasteiger partial charge in [0.1, 0.15) is 11.4 Å². The molecule has 2 heterocycles. The number of ether oxygens (including phenoxy) is 1. The lowest BCUT2D eigenvalue weighted by atomic mass is 10.1. The number of unbranched alkanes of at least 4 members (excludes halogenated alkanes) is 2. The maximum atomic E-state index is 12.8. The van der Waals surface area contributed by atoms with E-state index in [1.54, 1.807) is 7.11 Å². The molecular formula is C24H25N3O2. The number of aromatic nitrogens is 2. The number of hydrogen-bond acceptors (Lipinski definition) is 3. The first kappa shape index (κ1) is 19.0. The fourth-order valence-corrected chi connectivity index (χ4v) is 3.59. The second-order valence-corrected chi connectivity index (χ2v) is 7.14. The quantitative estimate of drug-likeness (QED) is 0.422. The first-order valence-electron chi connectivity index (χ1n) is 10.1.